The fraction of sp³-hybridized carbons (Fsp3) is 0.357. The summed E-state index contributed by atoms with van der Waals surface area (Å²) in [4.78, 5) is 33.3. The van der Waals surface area contributed by atoms with E-state index in [1.165, 1.54) is 0 Å². The molecule has 5 nitrogen and oxygen atoms in total. The third kappa shape index (κ3) is 6.11. The van der Waals surface area contributed by atoms with Gasteiger partial charge < -0.3 is 10.4 Å². The van der Waals surface area contributed by atoms with Gasteiger partial charge in [0.05, 0.1) is 0 Å². The summed E-state index contributed by atoms with van der Waals surface area (Å²) in [5.41, 5.74) is 0.00702. The van der Waals surface area contributed by atoms with Gasteiger partial charge in [-0.1, -0.05) is 0 Å². The fourth-order valence-electron chi connectivity index (χ4n) is 1.60. The first kappa shape index (κ1) is 16.7. The Morgan fingerprint density at radius 3 is 2.38 bits per heavy atom. The summed E-state index contributed by atoms with van der Waals surface area (Å²) in [6.45, 7) is 0.213. The van der Waals surface area contributed by atoms with E-state index in [4.69, 9.17) is 5.11 Å². The highest BCUT2D eigenvalue weighted by atomic mass is 19.2. The van der Waals surface area contributed by atoms with Gasteiger partial charge in [-0.15, -0.1) is 0 Å². The molecule has 1 aromatic rings. The van der Waals surface area contributed by atoms with Gasteiger partial charge in [-0.3, -0.25) is 14.4 Å². The van der Waals surface area contributed by atoms with Crippen LogP contribution in [-0.2, 0) is 9.59 Å². The van der Waals surface area contributed by atoms with Gasteiger partial charge in [-0.2, -0.15) is 0 Å². The van der Waals surface area contributed by atoms with E-state index < -0.39 is 29.3 Å². The zero-order valence-corrected chi connectivity index (χ0v) is 11.2. The van der Waals surface area contributed by atoms with Crippen molar-refractivity contribution in [3.05, 3.63) is 35.4 Å². The number of benzene rings is 1. The summed E-state index contributed by atoms with van der Waals surface area (Å²) in [5, 5.41) is 10.9. The second kappa shape index (κ2) is 8.08. The third-order valence-electron chi connectivity index (χ3n) is 2.71. The average molecular weight is 299 g/mol. The first-order valence-corrected chi connectivity index (χ1v) is 6.37. The van der Waals surface area contributed by atoms with Crippen LogP contribution < -0.4 is 5.32 Å². The van der Waals surface area contributed by atoms with E-state index in [0.717, 1.165) is 18.2 Å². The van der Waals surface area contributed by atoms with E-state index in [2.05, 4.69) is 5.32 Å². The molecule has 2 N–H and O–H groups in total. The number of carbonyl (C=O) groups excluding carboxylic acids is 2. The van der Waals surface area contributed by atoms with Crippen LogP contribution in [0.4, 0.5) is 8.78 Å². The molecule has 0 bridgehead atoms. The van der Waals surface area contributed by atoms with Crippen LogP contribution in [0.2, 0.25) is 0 Å². The van der Waals surface area contributed by atoms with Gasteiger partial charge in [0.15, 0.2) is 17.4 Å². The van der Waals surface area contributed by atoms with Crippen molar-refractivity contribution in [2.24, 2.45) is 0 Å². The largest absolute Gasteiger partial charge is 0.481 e. The molecule has 1 amide bonds. The molecule has 0 saturated heterocycles. The molecule has 0 radical (unpaired) electrons. The smallest absolute Gasteiger partial charge is 0.303 e. The second-order valence-electron chi connectivity index (χ2n) is 4.40. The first-order valence-electron chi connectivity index (χ1n) is 6.37. The highest BCUT2D eigenvalue weighted by Gasteiger charge is 2.11. The standard InChI is InChI=1S/C14H15F2NO4/c15-10-4-3-9(8-11(10)16)12(18)5-6-13(19)17-7-1-2-14(20)21/h3-4,8H,1-2,5-7H2,(H,17,19)(H,20,21). The molecule has 0 aliphatic carbocycles. The van der Waals surface area contributed by atoms with Crippen LogP contribution in [0.5, 0.6) is 0 Å². The van der Waals surface area contributed by atoms with Crippen molar-refractivity contribution in [1.82, 2.24) is 5.32 Å². The summed E-state index contributed by atoms with van der Waals surface area (Å²) >= 11 is 0. The molecule has 0 unspecified atom stereocenters. The Hall–Kier alpha value is -2.31. The van der Waals surface area contributed by atoms with Crippen LogP contribution in [0.25, 0.3) is 0 Å². The van der Waals surface area contributed by atoms with E-state index in [0.29, 0.717) is 6.42 Å². The fourth-order valence-corrected chi connectivity index (χ4v) is 1.60. The minimum absolute atomic E-state index is 0.00702. The Balaban J connectivity index is 2.33. The lowest BCUT2D eigenvalue weighted by molar-refractivity contribution is -0.137. The number of carboxylic acids is 1. The van der Waals surface area contributed by atoms with E-state index in [1.807, 2.05) is 0 Å². The van der Waals surface area contributed by atoms with Crippen LogP contribution in [0, 0.1) is 11.6 Å². The molecule has 0 fully saturated rings. The average Bonchev–Trinajstić information content (AvgIpc) is 2.43. The number of hydrogen-bond acceptors (Lipinski definition) is 3. The van der Waals surface area contributed by atoms with Crippen LogP contribution >= 0.6 is 0 Å². The Labute approximate surface area is 120 Å². The van der Waals surface area contributed by atoms with Gasteiger partial charge in [0.2, 0.25) is 5.91 Å². The van der Waals surface area contributed by atoms with Crippen LogP contribution in [0.15, 0.2) is 18.2 Å². The predicted molar refractivity (Wildman–Crippen MR) is 69.8 cm³/mol. The molecular weight excluding hydrogens is 284 g/mol. The molecule has 1 rings (SSSR count). The molecule has 0 aliphatic heterocycles. The van der Waals surface area contributed by atoms with Gasteiger partial charge >= 0.3 is 5.97 Å². The lowest BCUT2D eigenvalue weighted by Gasteiger charge is -2.04. The molecule has 0 heterocycles. The summed E-state index contributed by atoms with van der Waals surface area (Å²) in [6.07, 6.45) is 0.0347. The van der Waals surface area contributed by atoms with Crippen LogP contribution in [0.1, 0.15) is 36.0 Å². The van der Waals surface area contributed by atoms with Crippen molar-refractivity contribution in [2.45, 2.75) is 25.7 Å². The number of rotatable bonds is 8. The van der Waals surface area contributed by atoms with E-state index in [-0.39, 0.29) is 31.4 Å². The van der Waals surface area contributed by atoms with Gasteiger partial charge in [-0.25, -0.2) is 8.78 Å². The van der Waals surface area contributed by atoms with E-state index in [1.54, 1.807) is 0 Å². The van der Waals surface area contributed by atoms with Crippen molar-refractivity contribution in [1.29, 1.82) is 0 Å². The van der Waals surface area contributed by atoms with Crippen molar-refractivity contribution in [3.8, 4) is 0 Å². The molecule has 0 atom stereocenters. The van der Waals surface area contributed by atoms with E-state index >= 15 is 0 Å². The topological polar surface area (TPSA) is 83.5 Å². The quantitative estimate of drug-likeness (QED) is 0.567. The summed E-state index contributed by atoms with van der Waals surface area (Å²) in [5.74, 6) is -3.95. The Kier molecular flexibility index (Phi) is 6.45. The zero-order chi connectivity index (χ0) is 15.8. The normalized spacial score (nSPS) is 10.2. The third-order valence-corrected chi connectivity index (χ3v) is 2.71. The number of carbonyl (C=O) groups is 3. The molecule has 114 valence electrons. The predicted octanol–water partition coefficient (Wildman–Crippen LogP) is 1.91. The number of amides is 1. The van der Waals surface area contributed by atoms with Crippen molar-refractivity contribution in [2.75, 3.05) is 6.54 Å². The van der Waals surface area contributed by atoms with Crippen molar-refractivity contribution < 1.29 is 28.3 Å². The molecule has 0 saturated carbocycles. The maximum absolute atomic E-state index is 13.0. The first-order chi connectivity index (χ1) is 9.90. The lowest BCUT2D eigenvalue weighted by atomic mass is 10.1. The van der Waals surface area contributed by atoms with E-state index in [9.17, 15) is 23.2 Å². The van der Waals surface area contributed by atoms with Gasteiger partial charge in [-0.05, 0) is 24.6 Å². The van der Waals surface area contributed by atoms with Gasteiger partial charge in [0, 0.05) is 31.4 Å². The lowest BCUT2D eigenvalue weighted by Crippen LogP contribution is -2.25. The number of Topliss-reactive ketones (excluding diaryl/α,β-unsaturated/α-hetero) is 1. The van der Waals surface area contributed by atoms with Crippen LogP contribution in [0.3, 0.4) is 0 Å². The number of hydrogen-bond donors (Lipinski definition) is 2. The minimum Gasteiger partial charge on any atom is -0.481 e. The Bertz CT molecular complexity index is 546. The second-order valence-corrected chi connectivity index (χ2v) is 4.40. The van der Waals surface area contributed by atoms with Crippen molar-refractivity contribution in [3.63, 3.8) is 0 Å². The number of aliphatic carboxylic acids is 1. The monoisotopic (exact) mass is 299 g/mol. The van der Waals surface area contributed by atoms with Gasteiger partial charge in [0.1, 0.15) is 0 Å². The molecule has 1 aromatic carbocycles. The molecule has 0 spiro atoms. The Morgan fingerprint density at radius 1 is 1.05 bits per heavy atom. The molecule has 21 heavy (non-hydrogen) atoms. The summed E-state index contributed by atoms with van der Waals surface area (Å²) in [6, 6.07) is 2.81. The number of halogens is 2. The Morgan fingerprint density at radius 2 is 1.76 bits per heavy atom. The van der Waals surface area contributed by atoms with Gasteiger partial charge in [0.25, 0.3) is 0 Å². The molecular formula is C14H15F2NO4. The number of carboxylic acid groups (broad SMARTS) is 1. The summed E-state index contributed by atoms with van der Waals surface area (Å²) in [7, 11) is 0. The zero-order valence-electron chi connectivity index (χ0n) is 11.2. The summed E-state index contributed by atoms with van der Waals surface area (Å²) < 4.78 is 25.7. The molecule has 7 heteroatoms. The minimum atomic E-state index is -1.11. The van der Waals surface area contributed by atoms with Crippen molar-refractivity contribution >= 4 is 17.7 Å². The maximum atomic E-state index is 13.0. The molecule has 0 aliphatic rings. The number of ketones is 1. The maximum Gasteiger partial charge on any atom is 0.303 e. The SMILES string of the molecule is O=C(O)CCCNC(=O)CCC(=O)c1ccc(F)c(F)c1. The van der Waals surface area contributed by atoms with Crippen LogP contribution in [-0.4, -0.2) is 29.3 Å². The highest BCUT2D eigenvalue weighted by molar-refractivity contribution is 5.97. The number of nitrogens with one attached hydrogen (secondary N) is 1. The highest BCUT2D eigenvalue weighted by Crippen LogP contribution is 2.11. The molecule has 0 aromatic heterocycles.